The molecule has 7 heteroatoms. The van der Waals surface area contributed by atoms with Crippen LogP contribution in [0.2, 0.25) is 5.02 Å². The SMILES string of the molecule is COc1cccc(-c2nc3cc(NC(=O)c4ccc(OC)c(Cl)c4)ccc3o2)c1. The number of hydrogen-bond donors (Lipinski definition) is 1. The van der Waals surface area contributed by atoms with Gasteiger partial charge in [0.25, 0.3) is 5.91 Å². The number of nitrogens with zero attached hydrogens (tertiary/aromatic N) is 1. The minimum Gasteiger partial charge on any atom is -0.497 e. The smallest absolute Gasteiger partial charge is 0.255 e. The Balaban J connectivity index is 1.59. The highest BCUT2D eigenvalue weighted by Crippen LogP contribution is 2.29. The third-order valence-electron chi connectivity index (χ3n) is 4.38. The maximum absolute atomic E-state index is 12.5. The molecule has 4 rings (SSSR count). The number of rotatable bonds is 5. The fraction of sp³-hybridized carbons (Fsp3) is 0.0909. The number of amides is 1. The predicted octanol–water partition coefficient (Wildman–Crippen LogP) is 5.42. The monoisotopic (exact) mass is 408 g/mol. The lowest BCUT2D eigenvalue weighted by Gasteiger charge is -2.07. The largest absolute Gasteiger partial charge is 0.497 e. The van der Waals surface area contributed by atoms with Crippen LogP contribution < -0.4 is 14.8 Å². The summed E-state index contributed by atoms with van der Waals surface area (Å²) >= 11 is 6.10. The lowest BCUT2D eigenvalue weighted by Crippen LogP contribution is -2.11. The highest BCUT2D eigenvalue weighted by atomic mass is 35.5. The number of hydrogen-bond acceptors (Lipinski definition) is 5. The number of methoxy groups -OCH3 is 2. The first-order chi connectivity index (χ1) is 14.1. The predicted molar refractivity (Wildman–Crippen MR) is 112 cm³/mol. The van der Waals surface area contributed by atoms with E-state index in [-0.39, 0.29) is 5.91 Å². The third kappa shape index (κ3) is 3.88. The quantitative estimate of drug-likeness (QED) is 0.477. The molecule has 1 N–H and O–H groups in total. The van der Waals surface area contributed by atoms with Crippen LogP contribution in [0.25, 0.3) is 22.6 Å². The van der Waals surface area contributed by atoms with Gasteiger partial charge in [-0.05, 0) is 54.6 Å². The summed E-state index contributed by atoms with van der Waals surface area (Å²) in [7, 11) is 3.13. The van der Waals surface area contributed by atoms with Crippen LogP contribution in [-0.4, -0.2) is 25.1 Å². The van der Waals surface area contributed by atoms with Crippen molar-refractivity contribution >= 4 is 34.3 Å². The van der Waals surface area contributed by atoms with E-state index in [1.165, 1.54) is 7.11 Å². The molecule has 29 heavy (non-hydrogen) atoms. The van der Waals surface area contributed by atoms with Crippen molar-refractivity contribution in [2.24, 2.45) is 0 Å². The lowest BCUT2D eigenvalue weighted by molar-refractivity contribution is 0.102. The highest BCUT2D eigenvalue weighted by Gasteiger charge is 2.13. The van der Waals surface area contributed by atoms with Gasteiger partial charge in [0.2, 0.25) is 5.89 Å². The van der Waals surface area contributed by atoms with Crippen LogP contribution >= 0.6 is 11.6 Å². The van der Waals surface area contributed by atoms with E-state index in [9.17, 15) is 4.79 Å². The Labute approximate surface area is 172 Å². The van der Waals surface area contributed by atoms with E-state index in [1.807, 2.05) is 24.3 Å². The number of ether oxygens (including phenoxy) is 2. The molecule has 0 aliphatic heterocycles. The van der Waals surface area contributed by atoms with Gasteiger partial charge in [-0.3, -0.25) is 4.79 Å². The first kappa shape index (κ1) is 18.8. The molecule has 0 fully saturated rings. The summed E-state index contributed by atoms with van der Waals surface area (Å²) in [6.45, 7) is 0. The molecule has 4 aromatic rings. The Kier molecular flexibility index (Phi) is 5.10. The van der Waals surface area contributed by atoms with Gasteiger partial charge in [-0.25, -0.2) is 4.98 Å². The molecule has 0 spiro atoms. The third-order valence-corrected chi connectivity index (χ3v) is 4.67. The summed E-state index contributed by atoms with van der Waals surface area (Å²) < 4.78 is 16.2. The molecule has 1 aromatic heterocycles. The summed E-state index contributed by atoms with van der Waals surface area (Å²) in [4.78, 5) is 17.1. The summed E-state index contributed by atoms with van der Waals surface area (Å²) in [5.41, 5.74) is 3.08. The molecule has 0 unspecified atom stereocenters. The average molecular weight is 409 g/mol. The molecule has 1 heterocycles. The van der Waals surface area contributed by atoms with E-state index in [1.54, 1.807) is 43.5 Å². The standard InChI is InChI=1S/C22H17ClN2O4/c1-27-16-5-3-4-14(10-16)22-25-18-12-15(7-9-20(18)29-22)24-21(26)13-6-8-19(28-2)17(23)11-13/h3-12H,1-2H3,(H,24,26). The normalized spacial score (nSPS) is 10.7. The first-order valence-corrected chi connectivity index (χ1v) is 9.15. The van der Waals surface area contributed by atoms with Crippen LogP contribution in [0.3, 0.4) is 0 Å². The van der Waals surface area contributed by atoms with Gasteiger partial charge >= 0.3 is 0 Å². The minimum atomic E-state index is -0.287. The number of nitrogens with one attached hydrogen (secondary N) is 1. The van der Waals surface area contributed by atoms with Crippen LogP contribution in [0.1, 0.15) is 10.4 Å². The van der Waals surface area contributed by atoms with Gasteiger partial charge in [0, 0.05) is 16.8 Å². The molecule has 0 aliphatic rings. The van der Waals surface area contributed by atoms with Gasteiger partial charge < -0.3 is 19.2 Å². The zero-order valence-corrected chi connectivity index (χ0v) is 16.5. The molecule has 0 atom stereocenters. The molecule has 1 amide bonds. The number of aromatic nitrogens is 1. The Bertz CT molecular complexity index is 1200. The van der Waals surface area contributed by atoms with E-state index >= 15 is 0 Å². The Morgan fingerprint density at radius 2 is 1.90 bits per heavy atom. The molecule has 6 nitrogen and oxygen atoms in total. The van der Waals surface area contributed by atoms with Gasteiger partial charge in [-0.1, -0.05) is 17.7 Å². The zero-order valence-electron chi connectivity index (χ0n) is 15.7. The number of oxazole rings is 1. The van der Waals surface area contributed by atoms with Crippen molar-refractivity contribution in [3.8, 4) is 23.0 Å². The summed E-state index contributed by atoms with van der Waals surface area (Å²) in [6, 6.07) is 17.6. The molecule has 0 saturated carbocycles. The second kappa shape index (κ2) is 7.85. The first-order valence-electron chi connectivity index (χ1n) is 8.77. The van der Waals surface area contributed by atoms with Gasteiger partial charge in [0.05, 0.1) is 19.2 Å². The number of carbonyl (C=O) groups excluding carboxylic acids is 1. The summed E-state index contributed by atoms with van der Waals surface area (Å²) in [5.74, 6) is 1.42. The Morgan fingerprint density at radius 1 is 1.03 bits per heavy atom. The van der Waals surface area contributed by atoms with Crippen molar-refractivity contribution < 1.29 is 18.7 Å². The minimum absolute atomic E-state index is 0.287. The molecule has 0 saturated heterocycles. The highest BCUT2D eigenvalue weighted by molar-refractivity contribution is 6.32. The van der Waals surface area contributed by atoms with Crippen molar-refractivity contribution in [3.63, 3.8) is 0 Å². The summed E-state index contributed by atoms with van der Waals surface area (Å²) in [5, 5.41) is 3.21. The van der Waals surface area contributed by atoms with Crippen LogP contribution in [0.5, 0.6) is 11.5 Å². The van der Waals surface area contributed by atoms with Crippen molar-refractivity contribution in [2.75, 3.05) is 19.5 Å². The molecule has 0 aliphatic carbocycles. The van der Waals surface area contributed by atoms with Crippen LogP contribution in [0, 0.1) is 0 Å². The van der Waals surface area contributed by atoms with Gasteiger partial charge in [0.1, 0.15) is 17.0 Å². The van der Waals surface area contributed by atoms with Gasteiger partial charge in [-0.2, -0.15) is 0 Å². The second-order valence-corrected chi connectivity index (χ2v) is 6.64. The molecule has 0 bridgehead atoms. The molecule has 3 aromatic carbocycles. The van der Waals surface area contributed by atoms with Crippen molar-refractivity contribution in [2.45, 2.75) is 0 Å². The summed E-state index contributed by atoms with van der Waals surface area (Å²) in [6.07, 6.45) is 0. The molecular weight excluding hydrogens is 392 g/mol. The number of anilines is 1. The Morgan fingerprint density at radius 3 is 2.66 bits per heavy atom. The van der Waals surface area contributed by atoms with E-state index in [0.29, 0.717) is 39.0 Å². The van der Waals surface area contributed by atoms with Gasteiger partial charge in [0.15, 0.2) is 5.58 Å². The molecule has 146 valence electrons. The maximum Gasteiger partial charge on any atom is 0.255 e. The zero-order chi connectivity index (χ0) is 20.4. The van der Waals surface area contributed by atoms with E-state index in [2.05, 4.69) is 10.3 Å². The van der Waals surface area contributed by atoms with Crippen LogP contribution in [0.4, 0.5) is 5.69 Å². The fourth-order valence-electron chi connectivity index (χ4n) is 2.90. The second-order valence-electron chi connectivity index (χ2n) is 6.24. The van der Waals surface area contributed by atoms with E-state index in [0.717, 1.165) is 11.3 Å². The average Bonchev–Trinajstić information content (AvgIpc) is 3.17. The number of benzene rings is 3. The van der Waals surface area contributed by atoms with Crippen molar-refractivity contribution in [1.29, 1.82) is 0 Å². The maximum atomic E-state index is 12.5. The topological polar surface area (TPSA) is 73.6 Å². The molecule has 0 radical (unpaired) electrons. The van der Waals surface area contributed by atoms with Crippen molar-refractivity contribution in [1.82, 2.24) is 4.98 Å². The number of fused-ring (bicyclic) bond motifs is 1. The number of halogens is 1. The van der Waals surface area contributed by atoms with Crippen molar-refractivity contribution in [3.05, 3.63) is 71.2 Å². The number of carbonyl (C=O) groups is 1. The van der Waals surface area contributed by atoms with E-state index in [4.69, 9.17) is 25.5 Å². The van der Waals surface area contributed by atoms with Gasteiger partial charge in [-0.15, -0.1) is 0 Å². The Hall–Kier alpha value is -3.51. The van der Waals surface area contributed by atoms with Crippen LogP contribution in [-0.2, 0) is 0 Å². The molecular formula is C22H17ClN2O4. The van der Waals surface area contributed by atoms with E-state index < -0.39 is 0 Å². The van der Waals surface area contributed by atoms with Crippen LogP contribution in [0.15, 0.2) is 65.1 Å². The lowest BCUT2D eigenvalue weighted by atomic mass is 10.2. The fourth-order valence-corrected chi connectivity index (χ4v) is 3.15.